The van der Waals surface area contributed by atoms with Crippen LogP contribution < -0.4 is 5.73 Å². The van der Waals surface area contributed by atoms with Gasteiger partial charge in [-0.15, -0.1) is 0 Å². The van der Waals surface area contributed by atoms with Gasteiger partial charge in [-0.2, -0.15) is 0 Å². The number of benzene rings is 1. The summed E-state index contributed by atoms with van der Waals surface area (Å²) in [6.07, 6.45) is 3.20. The zero-order chi connectivity index (χ0) is 14.1. The number of carbonyl (C=O) groups excluding carboxylic acids is 1. The normalized spacial score (nSPS) is 25.2. The van der Waals surface area contributed by atoms with Crippen LogP contribution in [0.5, 0.6) is 0 Å². The van der Waals surface area contributed by atoms with E-state index in [1.54, 1.807) is 0 Å². The molecule has 1 saturated heterocycles. The lowest BCUT2D eigenvalue weighted by molar-refractivity contribution is -0.131. The second-order valence-corrected chi connectivity index (χ2v) is 5.99. The van der Waals surface area contributed by atoms with Gasteiger partial charge in [-0.05, 0) is 37.4 Å². The molecule has 0 saturated carbocycles. The number of carbonyl (C=O) groups is 1. The van der Waals surface area contributed by atoms with Crippen molar-refractivity contribution in [1.29, 1.82) is 0 Å². The van der Waals surface area contributed by atoms with E-state index in [2.05, 4.69) is 23.1 Å². The molecule has 3 rings (SSSR count). The summed E-state index contributed by atoms with van der Waals surface area (Å²) < 4.78 is 0. The quantitative estimate of drug-likeness (QED) is 0.911. The molecule has 1 aliphatic heterocycles. The molecule has 2 N–H and O–H groups in total. The lowest BCUT2D eigenvalue weighted by atomic mass is 10.1. The number of fused-ring (bicyclic) bond motifs is 1. The van der Waals surface area contributed by atoms with Gasteiger partial charge < -0.3 is 10.6 Å². The molecule has 2 atom stereocenters. The Morgan fingerprint density at radius 2 is 1.95 bits per heavy atom. The highest BCUT2D eigenvalue weighted by Gasteiger charge is 2.32. The lowest BCUT2D eigenvalue weighted by Gasteiger charge is -2.27. The summed E-state index contributed by atoms with van der Waals surface area (Å²) in [5, 5.41) is 0. The molecule has 1 amide bonds. The van der Waals surface area contributed by atoms with Gasteiger partial charge in [0.25, 0.3) is 0 Å². The molecule has 4 nitrogen and oxygen atoms in total. The number of rotatable bonds is 3. The van der Waals surface area contributed by atoms with E-state index in [4.69, 9.17) is 5.73 Å². The highest BCUT2D eigenvalue weighted by Crippen LogP contribution is 2.40. The minimum absolute atomic E-state index is 0.0977. The smallest absolute Gasteiger partial charge is 0.236 e. The van der Waals surface area contributed by atoms with Crippen LogP contribution in [0.1, 0.15) is 42.5 Å². The fourth-order valence-electron chi connectivity index (χ4n) is 3.45. The summed E-state index contributed by atoms with van der Waals surface area (Å²) in [6.45, 7) is 2.34. The minimum Gasteiger partial charge on any atom is -0.342 e. The van der Waals surface area contributed by atoms with Crippen LogP contribution in [0.25, 0.3) is 0 Å². The first-order chi connectivity index (χ1) is 9.66. The SMILES string of the molecule is CN(CC(=O)N1CCCC1)C1CC(N)c2ccccc21. The van der Waals surface area contributed by atoms with Gasteiger partial charge in [-0.3, -0.25) is 9.69 Å². The first-order valence-corrected chi connectivity index (χ1v) is 7.49. The Morgan fingerprint density at radius 1 is 1.30 bits per heavy atom. The van der Waals surface area contributed by atoms with E-state index >= 15 is 0 Å². The summed E-state index contributed by atoms with van der Waals surface area (Å²) in [4.78, 5) is 16.4. The maximum Gasteiger partial charge on any atom is 0.236 e. The molecule has 1 heterocycles. The summed E-state index contributed by atoms with van der Waals surface area (Å²) >= 11 is 0. The van der Waals surface area contributed by atoms with Gasteiger partial charge in [0.2, 0.25) is 5.91 Å². The second-order valence-electron chi connectivity index (χ2n) is 5.99. The predicted octanol–water partition coefficient (Wildman–Crippen LogP) is 1.69. The van der Waals surface area contributed by atoms with Crippen molar-refractivity contribution in [3.63, 3.8) is 0 Å². The molecule has 1 aromatic carbocycles. The molecule has 0 radical (unpaired) electrons. The number of amides is 1. The van der Waals surface area contributed by atoms with Crippen LogP contribution in [-0.2, 0) is 4.79 Å². The van der Waals surface area contributed by atoms with Gasteiger partial charge in [0, 0.05) is 25.2 Å². The fourth-order valence-corrected chi connectivity index (χ4v) is 3.45. The first-order valence-electron chi connectivity index (χ1n) is 7.49. The number of likely N-dealkylation sites (tertiary alicyclic amines) is 1. The number of hydrogen-bond donors (Lipinski definition) is 1. The van der Waals surface area contributed by atoms with Gasteiger partial charge in [0.15, 0.2) is 0 Å². The Morgan fingerprint density at radius 3 is 2.65 bits per heavy atom. The predicted molar refractivity (Wildman–Crippen MR) is 79.2 cm³/mol. The van der Waals surface area contributed by atoms with Gasteiger partial charge in [-0.1, -0.05) is 24.3 Å². The van der Waals surface area contributed by atoms with Gasteiger partial charge in [0.1, 0.15) is 0 Å². The van der Waals surface area contributed by atoms with E-state index in [0.29, 0.717) is 6.54 Å². The molecule has 4 heteroatoms. The Labute approximate surface area is 120 Å². The maximum atomic E-state index is 12.3. The van der Waals surface area contributed by atoms with E-state index in [1.807, 2.05) is 18.0 Å². The molecule has 1 aromatic rings. The fraction of sp³-hybridized carbons (Fsp3) is 0.562. The van der Waals surface area contributed by atoms with Gasteiger partial charge >= 0.3 is 0 Å². The van der Waals surface area contributed by atoms with Crippen molar-refractivity contribution in [2.75, 3.05) is 26.7 Å². The number of nitrogens with zero attached hydrogens (tertiary/aromatic N) is 2. The zero-order valence-corrected chi connectivity index (χ0v) is 12.1. The highest BCUT2D eigenvalue weighted by molar-refractivity contribution is 5.78. The standard InChI is InChI=1S/C16H23N3O/c1-18(11-16(20)19-8-4-5-9-19)15-10-14(17)12-6-2-3-7-13(12)15/h2-3,6-7,14-15H,4-5,8-11,17H2,1H3. The Bertz CT molecular complexity index is 496. The summed E-state index contributed by atoms with van der Waals surface area (Å²) in [5.41, 5.74) is 8.73. The molecule has 20 heavy (non-hydrogen) atoms. The Balaban J connectivity index is 1.69. The van der Waals surface area contributed by atoms with Crippen LogP contribution in [-0.4, -0.2) is 42.4 Å². The number of hydrogen-bond acceptors (Lipinski definition) is 3. The number of likely N-dealkylation sites (N-methyl/N-ethyl adjacent to an activating group) is 1. The van der Waals surface area contributed by atoms with Crippen molar-refractivity contribution >= 4 is 5.91 Å². The van der Waals surface area contributed by atoms with E-state index in [1.165, 1.54) is 11.1 Å². The van der Waals surface area contributed by atoms with Crippen molar-refractivity contribution in [2.24, 2.45) is 5.73 Å². The third-order valence-electron chi connectivity index (χ3n) is 4.61. The Kier molecular flexibility index (Phi) is 3.76. The van der Waals surface area contributed by atoms with E-state index in [9.17, 15) is 4.79 Å². The first kappa shape index (κ1) is 13.6. The molecule has 1 aliphatic carbocycles. The zero-order valence-electron chi connectivity index (χ0n) is 12.1. The second kappa shape index (κ2) is 5.54. The maximum absolute atomic E-state index is 12.3. The van der Waals surface area contributed by atoms with Crippen molar-refractivity contribution in [2.45, 2.75) is 31.3 Å². The minimum atomic E-state index is 0.0977. The molecule has 0 spiro atoms. The molecular weight excluding hydrogens is 250 g/mol. The third kappa shape index (κ3) is 2.45. The number of nitrogens with two attached hydrogens (primary N) is 1. The van der Waals surface area contributed by atoms with E-state index < -0.39 is 0 Å². The van der Waals surface area contributed by atoms with E-state index in [0.717, 1.165) is 32.4 Å². The topological polar surface area (TPSA) is 49.6 Å². The van der Waals surface area contributed by atoms with Crippen molar-refractivity contribution in [1.82, 2.24) is 9.80 Å². The van der Waals surface area contributed by atoms with Gasteiger partial charge in [-0.25, -0.2) is 0 Å². The summed E-state index contributed by atoms with van der Waals surface area (Å²) in [7, 11) is 2.04. The molecule has 0 bridgehead atoms. The van der Waals surface area contributed by atoms with Crippen LogP contribution in [0.2, 0.25) is 0 Å². The van der Waals surface area contributed by atoms with Crippen LogP contribution >= 0.6 is 0 Å². The third-order valence-corrected chi connectivity index (χ3v) is 4.61. The van der Waals surface area contributed by atoms with E-state index in [-0.39, 0.29) is 18.0 Å². The highest BCUT2D eigenvalue weighted by atomic mass is 16.2. The molecule has 2 aliphatic rings. The van der Waals surface area contributed by atoms with Crippen molar-refractivity contribution < 1.29 is 4.79 Å². The van der Waals surface area contributed by atoms with Crippen molar-refractivity contribution in [3.05, 3.63) is 35.4 Å². The summed E-state index contributed by atoms with van der Waals surface area (Å²) in [5.74, 6) is 0.253. The summed E-state index contributed by atoms with van der Waals surface area (Å²) in [6, 6.07) is 8.71. The molecule has 108 valence electrons. The van der Waals surface area contributed by atoms with Crippen LogP contribution in [0.15, 0.2) is 24.3 Å². The van der Waals surface area contributed by atoms with Crippen LogP contribution in [0.4, 0.5) is 0 Å². The molecule has 2 unspecified atom stereocenters. The van der Waals surface area contributed by atoms with Crippen LogP contribution in [0, 0.1) is 0 Å². The Hall–Kier alpha value is -1.39. The van der Waals surface area contributed by atoms with Crippen molar-refractivity contribution in [3.8, 4) is 0 Å². The van der Waals surface area contributed by atoms with Gasteiger partial charge in [0.05, 0.1) is 6.54 Å². The van der Waals surface area contributed by atoms with Crippen LogP contribution in [0.3, 0.4) is 0 Å². The molecule has 0 aromatic heterocycles. The average Bonchev–Trinajstić information content (AvgIpc) is 3.07. The molecular formula is C16H23N3O. The average molecular weight is 273 g/mol. The molecule has 1 fully saturated rings. The monoisotopic (exact) mass is 273 g/mol. The largest absolute Gasteiger partial charge is 0.342 e. The lowest BCUT2D eigenvalue weighted by Crippen LogP contribution is -2.38.